The Labute approximate surface area is 213 Å². The standard InChI is InChI=1S/C27H18N4OS3/c28-23-22-18(16-8-3-1-4-9-16)14-19(17-10-5-2-6-11-17)29-26(22)35-24(23)25(32)31-27-30-20(15-34-27)21-12-7-13-33-21/h1-15H,28H2,(H,30,31,32). The van der Waals surface area contributed by atoms with Crippen molar-refractivity contribution in [3.63, 3.8) is 0 Å². The van der Waals surface area contributed by atoms with Crippen LogP contribution in [0.3, 0.4) is 0 Å². The number of hydrogen-bond acceptors (Lipinski definition) is 7. The molecule has 35 heavy (non-hydrogen) atoms. The molecule has 3 N–H and O–H groups in total. The van der Waals surface area contributed by atoms with Gasteiger partial charge in [0.05, 0.1) is 22.0 Å². The fourth-order valence-corrected chi connectivity index (χ4v) is 6.40. The zero-order valence-corrected chi connectivity index (χ0v) is 20.7. The molecule has 170 valence electrons. The number of rotatable bonds is 5. The lowest BCUT2D eigenvalue weighted by Gasteiger charge is -2.09. The van der Waals surface area contributed by atoms with E-state index < -0.39 is 0 Å². The number of nitrogens with zero attached hydrogens (tertiary/aromatic N) is 2. The monoisotopic (exact) mass is 510 g/mol. The Bertz CT molecular complexity index is 1640. The highest BCUT2D eigenvalue weighted by molar-refractivity contribution is 7.21. The van der Waals surface area contributed by atoms with E-state index in [-0.39, 0.29) is 5.91 Å². The van der Waals surface area contributed by atoms with Gasteiger partial charge in [-0.1, -0.05) is 66.7 Å². The molecule has 5 nitrogen and oxygen atoms in total. The zero-order valence-electron chi connectivity index (χ0n) is 18.3. The SMILES string of the molecule is Nc1c(C(=O)Nc2nc(-c3cccs3)cs2)sc2nc(-c3ccccc3)cc(-c3ccccc3)c12. The Morgan fingerprint density at radius 2 is 1.57 bits per heavy atom. The van der Waals surface area contributed by atoms with E-state index in [1.165, 1.54) is 22.7 Å². The predicted molar refractivity (Wildman–Crippen MR) is 148 cm³/mol. The van der Waals surface area contributed by atoms with Crippen LogP contribution in [0.25, 0.3) is 43.2 Å². The van der Waals surface area contributed by atoms with Crippen LogP contribution in [0.5, 0.6) is 0 Å². The van der Waals surface area contributed by atoms with Gasteiger partial charge in [0.2, 0.25) is 0 Å². The number of nitrogens with one attached hydrogen (secondary N) is 1. The molecule has 0 spiro atoms. The van der Waals surface area contributed by atoms with Gasteiger partial charge in [-0.3, -0.25) is 10.1 Å². The summed E-state index contributed by atoms with van der Waals surface area (Å²) in [4.78, 5) is 24.9. The zero-order chi connectivity index (χ0) is 23.8. The molecule has 2 aromatic carbocycles. The second kappa shape index (κ2) is 9.07. The van der Waals surface area contributed by atoms with Crippen LogP contribution in [-0.4, -0.2) is 15.9 Å². The van der Waals surface area contributed by atoms with Crippen LogP contribution in [0.1, 0.15) is 9.67 Å². The average molecular weight is 511 g/mol. The van der Waals surface area contributed by atoms with Gasteiger partial charge in [-0.15, -0.1) is 34.0 Å². The predicted octanol–water partition coefficient (Wildman–Crippen LogP) is 7.65. The maximum Gasteiger partial charge on any atom is 0.269 e. The summed E-state index contributed by atoms with van der Waals surface area (Å²) in [5, 5.41) is 8.21. The van der Waals surface area contributed by atoms with Crippen molar-refractivity contribution in [3.8, 4) is 33.0 Å². The van der Waals surface area contributed by atoms with Crippen molar-refractivity contribution >= 4 is 61.0 Å². The Kier molecular flexibility index (Phi) is 5.61. The summed E-state index contributed by atoms with van der Waals surface area (Å²) in [6, 6.07) is 26.1. The first-order valence-corrected chi connectivity index (χ1v) is 13.4. The van der Waals surface area contributed by atoms with Gasteiger partial charge in [0.15, 0.2) is 5.13 Å². The van der Waals surface area contributed by atoms with Gasteiger partial charge in [0.25, 0.3) is 5.91 Å². The fraction of sp³-hybridized carbons (Fsp3) is 0. The molecule has 6 aromatic rings. The molecule has 0 atom stereocenters. The summed E-state index contributed by atoms with van der Waals surface area (Å²) < 4.78 is 0. The molecule has 0 saturated carbocycles. The molecule has 0 aliphatic carbocycles. The molecule has 8 heteroatoms. The van der Waals surface area contributed by atoms with Crippen molar-refractivity contribution in [2.75, 3.05) is 11.1 Å². The van der Waals surface area contributed by atoms with Gasteiger partial charge in [0.1, 0.15) is 9.71 Å². The van der Waals surface area contributed by atoms with E-state index in [2.05, 4.69) is 10.3 Å². The summed E-state index contributed by atoms with van der Waals surface area (Å²) in [5.41, 5.74) is 11.7. The Morgan fingerprint density at radius 3 is 2.29 bits per heavy atom. The molecule has 0 radical (unpaired) electrons. The molecular formula is C27H18N4OS3. The van der Waals surface area contributed by atoms with E-state index in [1.54, 1.807) is 11.3 Å². The second-order valence-corrected chi connectivity index (χ2v) is 10.6. The summed E-state index contributed by atoms with van der Waals surface area (Å²) in [5.74, 6) is -0.280. The van der Waals surface area contributed by atoms with E-state index >= 15 is 0 Å². The smallest absolute Gasteiger partial charge is 0.269 e. The second-order valence-electron chi connectivity index (χ2n) is 7.78. The number of pyridine rings is 1. The lowest BCUT2D eigenvalue weighted by Crippen LogP contribution is -2.11. The number of thiazole rings is 1. The number of fused-ring (bicyclic) bond motifs is 1. The third-order valence-corrected chi connectivity index (χ3v) is 8.31. The Balaban J connectivity index is 1.43. The van der Waals surface area contributed by atoms with Gasteiger partial charge >= 0.3 is 0 Å². The Hall–Kier alpha value is -3.85. The number of amides is 1. The van der Waals surface area contributed by atoms with Crippen LogP contribution in [0, 0.1) is 0 Å². The number of carbonyl (C=O) groups is 1. The number of hydrogen-bond donors (Lipinski definition) is 2. The topological polar surface area (TPSA) is 80.9 Å². The largest absolute Gasteiger partial charge is 0.397 e. The molecule has 0 unspecified atom stereocenters. The van der Waals surface area contributed by atoms with Gasteiger partial charge in [-0.2, -0.15) is 0 Å². The van der Waals surface area contributed by atoms with Gasteiger partial charge < -0.3 is 5.73 Å². The molecule has 4 aromatic heterocycles. The number of nitrogen functional groups attached to an aromatic ring is 1. The highest BCUT2D eigenvalue weighted by Crippen LogP contribution is 2.41. The van der Waals surface area contributed by atoms with Gasteiger partial charge in [-0.05, 0) is 28.6 Å². The maximum atomic E-state index is 13.3. The van der Waals surface area contributed by atoms with Gasteiger partial charge in [-0.25, -0.2) is 9.97 Å². The number of carbonyl (C=O) groups excluding carboxylic acids is 1. The first-order valence-electron chi connectivity index (χ1n) is 10.8. The van der Waals surface area contributed by atoms with Crippen LogP contribution < -0.4 is 11.1 Å². The van der Waals surface area contributed by atoms with E-state index in [0.29, 0.717) is 15.7 Å². The molecule has 4 heterocycles. The third-order valence-electron chi connectivity index (χ3n) is 5.56. The first kappa shape index (κ1) is 21.7. The molecule has 0 saturated heterocycles. The number of nitrogens with two attached hydrogens (primary N) is 1. The lowest BCUT2D eigenvalue weighted by atomic mass is 9.99. The fourth-order valence-electron chi connectivity index (χ4n) is 3.91. The first-order chi connectivity index (χ1) is 17.2. The van der Waals surface area contributed by atoms with Crippen LogP contribution in [0.15, 0.2) is 89.6 Å². The Morgan fingerprint density at radius 1 is 0.829 bits per heavy atom. The van der Waals surface area contributed by atoms with Crippen LogP contribution in [0.2, 0.25) is 0 Å². The molecule has 0 aliphatic rings. The van der Waals surface area contributed by atoms with Crippen molar-refractivity contribution < 1.29 is 4.79 Å². The van der Waals surface area contributed by atoms with Crippen molar-refractivity contribution in [3.05, 3.63) is 94.5 Å². The molecule has 0 bridgehead atoms. The van der Waals surface area contributed by atoms with Crippen molar-refractivity contribution in [2.45, 2.75) is 0 Å². The van der Waals surface area contributed by atoms with E-state index in [0.717, 1.165) is 43.2 Å². The number of anilines is 2. The summed E-state index contributed by atoms with van der Waals surface area (Å²) >= 11 is 4.31. The summed E-state index contributed by atoms with van der Waals surface area (Å²) in [7, 11) is 0. The summed E-state index contributed by atoms with van der Waals surface area (Å²) in [6.45, 7) is 0. The summed E-state index contributed by atoms with van der Waals surface area (Å²) in [6.07, 6.45) is 0. The molecule has 0 aliphatic heterocycles. The number of aromatic nitrogens is 2. The highest BCUT2D eigenvalue weighted by atomic mass is 32.1. The third kappa shape index (κ3) is 4.12. The maximum absolute atomic E-state index is 13.3. The molecular weight excluding hydrogens is 493 g/mol. The van der Waals surface area contributed by atoms with Crippen LogP contribution in [-0.2, 0) is 0 Å². The van der Waals surface area contributed by atoms with E-state index in [4.69, 9.17) is 10.7 Å². The van der Waals surface area contributed by atoms with Crippen molar-refractivity contribution in [1.82, 2.24) is 9.97 Å². The molecule has 1 amide bonds. The number of benzene rings is 2. The molecule has 0 fully saturated rings. The normalized spacial score (nSPS) is 11.1. The average Bonchev–Trinajstić information content (AvgIpc) is 3.65. The van der Waals surface area contributed by atoms with Crippen LogP contribution >= 0.6 is 34.0 Å². The van der Waals surface area contributed by atoms with Crippen molar-refractivity contribution in [2.24, 2.45) is 0 Å². The minimum atomic E-state index is -0.280. The van der Waals surface area contributed by atoms with E-state index in [9.17, 15) is 4.79 Å². The quantitative estimate of drug-likeness (QED) is 0.250. The molecule has 6 rings (SSSR count). The minimum Gasteiger partial charge on any atom is -0.397 e. The minimum absolute atomic E-state index is 0.280. The number of thiophene rings is 2. The van der Waals surface area contributed by atoms with Crippen LogP contribution in [0.4, 0.5) is 10.8 Å². The lowest BCUT2D eigenvalue weighted by molar-refractivity contribution is 0.103. The highest BCUT2D eigenvalue weighted by Gasteiger charge is 2.22. The van der Waals surface area contributed by atoms with E-state index in [1.807, 2.05) is 89.6 Å². The van der Waals surface area contributed by atoms with Crippen molar-refractivity contribution in [1.29, 1.82) is 0 Å². The van der Waals surface area contributed by atoms with Gasteiger partial charge in [0, 0.05) is 16.3 Å².